The second kappa shape index (κ2) is 15.3. The van der Waals surface area contributed by atoms with E-state index in [1.165, 1.54) is 32.1 Å². The normalized spacial score (nSPS) is 10.4. The van der Waals surface area contributed by atoms with E-state index in [1.54, 1.807) is 0 Å². The number of rotatable bonds is 14. The van der Waals surface area contributed by atoms with Crippen molar-refractivity contribution in [3.05, 3.63) is 0 Å². The Kier molecular flexibility index (Phi) is 14.6. The average Bonchev–Trinajstić information content (AvgIpc) is 2.48. The molecule has 0 amide bonds. The van der Waals surface area contributed by atoms with E-state index in [1.807, 2.05) is 6.92 Å². The van der Waals surface area contributed by atoms with Crippen LogP contribution in [0.2, 0.25) is 0 Å². The van der Waals surface area contributed by atoms with Crippen molar-refractivity contribution < 1.29 is 19.1 Å². The highest BCUT2D eigenvalue weighted by molar-refractivity contribution is 5.77. The van der Waals surface area contributed by atoms with E-state index in [0.717, 1.165) is 25.7 Å². The summed E-state index contributed by atoms with van der Waals surface area (Å²) in [6.45, 7) is 5.16. The predicted octanol–water partition coefficient (Wildman–Crippen LogP) is 4.40. The fraction of sp³-hybridized carbons (Fsp3) is 0.882. The van der Waals surface area contributed by atoms with Crippen LogP contribution in [0.3, 0.4) is 0 Å². The van der Waals surface area contributed by atoms with Crippen LogP contribution in [0.5, 0.6) is 0 Å². The molecule has 0 atom stereocenters. The minimum Gasteiger partial charge on any atom is -0.466 e. The summed E-state index contributed by atoms with van der Waals surface area (Å²) in [5, 5.41) is 0. The predicted molar refractivity (Wildman–Crippen MR) is 84.1 cm³/mol. The largest absolute Gasteiger partial charge is 0.466 e. The third-order valence-corrected chi connectivity index (χ3v) is 3.31. The van der Waals surface area contributed by atoms with Gasteiger partial charge in [-0.2, -0.15) is 0 Å². The van der Waals surface area contributed by atoms with Gasteiger partial charge in [0.05, 0.1) is 26.1 Å². The van der Waals surface area contributed by atoms with Crippen LogP contribution in [-0.4, -0.2) is 25.2 Å². The lowest BCUT2D eigenvalue weighted by Gasteiger charge is -2.05. The molecule has 124 valence electrons. The fourth-order valence-corrected chi connectivity index (χ4v) is 1.92. The Morgan fingerprint density at radius 2 is 1.05 bits per heavy atom. The van der Waals surface area contributed by atoms with Gasteiger partial charge in [0.25, 0.3) is 0 Å². The molecule has 0 aromatic rings. The summed E-state index contributed by atoms with van der Waals surface area (Å²) in [5.41, 5.74) is 0. The first kappa shape index (κ1) is 19.9. The molecule has 0 rings (SSSR count). The lowest BCUT2D eigenvalue weighted by atomic mass is 10.1. The van der Waals surface area contributed by atoms with Gasteiger partial charge in [0.2, 0.25) is 0 Å². The van der Waals surface area contributed by atoms with Gasteiger partial charge in [-0.05, 0) is 12.8 Å². The van der Waals surface area contributed by atoms with Gasteiger partial charge in [-0.25, -0.2) is 0 Å². The smallest absolute Gasteiger partial charge is 0.306 e. The van der Waals surface area contributed by atoms with Crippen LogP contribution in [0.15, 0.2) is 0 Å². The zero-order valence-corrected chi connectivity index (χ0v) is 13.8. The summed E-state index contributed by atoms with van der Waals surface area (Å²) in [4.78, 5) is 22.7. The first-order valence-corrected chi connectivity index (χ1v) is 8.52. The van der Waals surface area contributed by atoms with Crippen LogP contribution in [0.4, 0.5) is 0 Å². The lowest BCUT2D eigenvalue weighted by Crippen LogP contribution is -2.11. The Balaban J connectivity index is 3.32. The van der Waals surface area contributed by atoms with Crippen LogP contribution < -0.4 is 0 Å². The van der Waals surface area contributed by atoms with Gasteiger partial charge in [-0.15, -0.1) is 0 Å². The Hall–Kier alpha value is -1.06. The van der Waals surface area contributed by atoms with Gasteiger partial charge in [-0.1, -0.05) is 58.8 Å². The summed E-state index contributed by atoms with van der Waals surface area (Å²) >= 11 is 0. The van der Waals surface area contributed by atoms with Crippen molar-refractivity contribution in [2.24, 2.45) is 0 Å². The average molecular weight is 300 g/mol. The molecule has 4 nitrogen and oxygen atoms in total. The van der Waals surface area contributed by atoms with Crippen molar-refractivity contribution >= 4 is 11.9 Å². The van der Waals surface area contributed by atoms with Gasteiger partial charge in [0, 0.05) is 0 Å². The summed E-state index contributed by atoms with van der Waals surface area (Å²) in [5.74, 6) is -0.607. The van der Waals surface area contributed by atoms with Gasteiger partial charge in [-0.3, -0.25) is 9.59 Å². The molecule has 4 heteroatoms. The zero-order chi connectivity index (χ0) is 15.8. The number of carbonyl (C=O) groups is 2. The molecule has 0 fully saturated rings. The van der Waals surface area contributed by atoms with E-state index in [-0.39, 0.29) is 24.8 Å². The minimum absolute atomic E-state index is 0.125. The molecule has 21 heavy (non-hydrogen) atoms. The molecule has 0 saturated heterocycles. The molecule has 0 aliphatic carbocycles. The number of hydrogen-bond acceptors (Lipinski definition) is 4. The third kappa shape index (κ3) is 15.2. The molecule has 0 aromatic carbocycles. The minimum atomic E-state index is -0.309. The molecule has 0 aromatic heterocycles. The van der Waals surface area contributed by atoms with Gasteiger partial charge < -0.3 is 9.47 Å². The second-order valence-electron chi connectivity index (χ2n) is 5.42. The van der Waals surface area contributed by atoms with Gasteiger partial charge in [0.15, 0.2) is 0 Å². The van der Waals surface area contributed by atoms with E-state index in [0.29, 0.717) is 13.2 Å². The monoisotopic (exact) mass is 300 g/mol. The van der Waals surface area contributed by atoms with Crippen LogP contribution in [0, 0.1) is 0 Å². The standard InChI is InChI=1S/C17H32O4/c1-3-5-7-8-9-10-11-15-21-17(19)13-12-16(18)20-14-6-4-2/h3-15H2,1-2H3. The summed E-state index contributed by atoms with van der Waals surface area (Å²) in [7, 11) is 0. The van der Waals surface area contributed by atoms with Gasteiger partial charge in [0.1, 0.15) is 0 Å². The molecular formula is C17H32O4. The van der Waals surface area contributed by atoms with Gasteiger partial charge >= 0.3 is 11.9 Å². The number of esters is 2. The summed E-state index contributed by atoms with van der Waals surface area (Å²) in [6.07, 6.45) is 10.5. The zero-order valence-electron chi connectivity index (χ0n) is 13.8. The fourth-order valence-electron chi connectivity index (χ4n) is 1.92. The first-order chi connectivity index (χ1) is 10.2. The van der Waals surface area contributed by atoms with Crippen molar-refractivity contribution in [2.75, 3.05) is 13.2 Å². The molecule has 0 heterocycles. The maximum absolute atomic E-state index is 11.4. The van der Waals surface area contributed by atoms with Crippen LogP contribution in [0.25, 0.3) is 0 Å². The number of carbonyl (C=O) groups excluding carboxylic acids is 2. The van der Waals surface area contributed by atoms with Crippen molar-refractivity contribution in [3.8, 4) is 0 Å². The Morgan fingerprint density at radius 1 is 0.619 bits per heavy atom. The summed E-state index contributed by atoms with van der Waals surface area (Å²) < 4.78 is 10.1. The number of unbranched alkanes of at least 4 members (excludes halogenated alkanes) is 7. The van der Waals surface area contributed by atoms with Crippen molar-refractivity contribution in [1.82, 2.24) is 0 Å². The molecule has 0 saturated carbocycles. The van der Waals surface area contributed by atoms with E-state index in [2.05, 4.69) is 6.92 Å². The SMILES string of the molecule is CCCCCCCCCOC(=O)CCC(=O)OCCCC. The highest BCUT2D eigenvalue weighted by atomic mass is 16.5. The first-order valence-electron chi connectivity index (χ1n) is 8.52. The van der Waals surface area contributed by atoms with E-state index in [4.69, 9.17) is 9.47 Å². The van der Waals surface area contributed by atoms with Crippen molar-refractivity contribution in [1.29, 1.82) is 0 Å². The van der Waals surface area contributed by atoms with E-state index in [9.17, 15) is 9.59 Å². The molecule has 0 spiro atoms. The van der Waals surface area contributed by atoms with Crippen LogP contribution >= 0.6 is 0 Å². The number of ether oxygens (including phenoxy) is 2. The molecule has 0 aliphatic rings. The molecule has 0 N–H and O–H groups in total. The van der Waals surface area contributed by atoms with Crippen LogP contribution in [0.1, 0.15) is 84.5 Å². The topological polar surface area (TPSA) is 52.6 Å². The Labute approximate surface area is 129 Å². The maximum atomic E-state index is 11.4. The molecule has 0 unspecified atom stereocenters. The quantitative estimate of drug-likeness (QED) is 0.352. The summed E-state index contributed by atoms with van der Waals surface area (Å²) in [6, 6.07) is 0. The highest BCUT2D eigenvalue weighted by Gasteiger charge is 2.08. The lowest BCUT2D eigenvalue weighted by molar-refractivity contribution is -0.150. The van der Waals surface area contributed by atoms with Crippen molar-refractivity contribution in [2.45, 2.75) is 84.5 Å². The molecular weight excluding hydrogens is 268 g/mol. The van der Waals surface area contributed by atoms with Crippen molar-refractivity contribution in [3.63, 3.8) is 0 Å². The Bertz CT molecular complexity index is 264. The highest BCUT2D eigenvalue weighted by Crippen LogP contribution is 2.07. The van der Waals surface area contributed by atoms with E-state index < -0.39 is 0 Å². The molecule has 0 radical (unpaired) electrons. The Morgan fingerprint density at radius 3 is 1.57 bits per heavy atom. The molecule has 0 bridgehead atoms. The van der Waals surface area contributed by atoms with Crippen LogP contribution in [-0.2, 0) is 19.1 Å². The molecule has 0 aliphatic heterocycles. The maximum Gasteiger partial charge on any atom is 0.306 e. The van der Waals surface area contributed by atoms with E-state index >= 15 is 0 Å². The third-order valence-electron chi connectivity index (χ3n) is 3.31. The second-order valence-corrected chi connectivity index (χ2v) is 5.42. The number of hydrogen-bond donors (Lipinski definition) is 0.